The van der Waals surface area contributed by atoms with Crippen LogP contribution in [0.4, 0.5) is 5.69 Å². The van der Waals surface area contributed by atoms with Crippen molar-refractivity contribution >= 4 is 11.6 Å². The highest BCUT2D eigenvalue weighted by Crippen LogP contribution is 2.30. The van der Waals surface area contributed by atoms with Crippen LogP contribution in [0, 0.1) is 12.8 Å². The SMILES string of the molecule is CCC1COCCN(Cc2ccc(-c3ccc(NC(=O)c4c(-c5ccccc5)noc4C)c(OC)n3)cn2)C1. The van der Waals surface area contributed by atoms with Crippen molar-refractivity contribution in [1.29, 1.82) is 0 Å². The Morgan fingerprint density at radius 2 is 1.97 bits per heavy atom. The number of benzene rings is 1. The number of nitrogens with one attached hydrogen (secondary N) is 1. The third kappa shape index (κ3) is 6.16. The van der Waals surface area contributed by atoms with Gasteiger partial charge >= 0.3 is 0 Å². The van der Waals surface area contributed by atoms with Gasteiger partial charge in [0.1, 0.15) is 22.7 Å². The number of aromatic nitrogens is 3. The highest BCUT2D eigenvalue weighted by atomic mass is 16.5. The Hall–Kier alpha value is -4.08. The van der Waals surface area contributed by atoms with Crippen LogP contribution in [-0.2, 0) is 11.3 Å². The van der Waals surface area contributed by atoms with Crippen LogP contribution in [-0.4, -0.2) is 59.3 Å². The molecule has 1 saturated heterocycles. The molecule has 202 valence electrons. The number of ether oxygens (including phenoxy) is 2. The van der Waals surface area contributed by atoms with Gasteiger partial charge in [-0.3, -0.25) is 14.7 Å². The molecule has 0 saturated carbocycles. The van der Waals surface area contributed by atoms with Gasteiger partial charge in [-0.15, -0.1) is 0 Å². The van der Waals surface area contributed by atoms with Crippen LogP contribution in [0.1, 0.15) is 35.2 Å². The second-order valence-electron chi connectivity index (χ2n) is 9.66. The summed E-state index contributed by atoms with van der Waals surface area (Å²) in [6.45, 7) is 8.23. The fraction of sp³-hybridized carbons (Fsp3) is 0.333. The Kier molecular flexibility index (Phi) is 8.29. The number of carbonyl (C=O) groups is 1. The van der Waals surface area contributed by atoms with Gasteiger partial charge in [0.15, 0.2) is 0 Å². The van der Waals surface area contributed by atoms with Gasteiger partial charge in [0, 0.05) is 37.0 Å². The largest absolute Gasteiger partial charge is 0.479 e. The summed E-state index contributed by atoms with van der Waals surface area (Å²) >= 11 is 0. The minimum absolute atomic E-state index is 0.301. The third-order valence-electron chi connectivity index (χ3n) is 6.94. The number of aryl methyl sites for hydroxylation is 1. The van der Waals surface area contributed by atoms with E-state index in [1.54, 1.807) is 13.0 Å². The Morgan fingerprint density at radius 1 is 1.13 bits per heavy atom. The molecule has 3 aromatic heterocycles. The first kappa shape index (κ1) is 26.5. The Bertz CT molecular complexity index is 1400. The van der Waals surface area contributed by atoms with E-state index in [-0.39, 0.29) is 5.91 Å². The average molecular weight is 528 g/mol. The van der Waals surface area contributed by atoms with Crippen LogP contribution < -0.4 is 10.1 Å². The summed E-state index contributed by atoms with van der Waals surface area (Å²) in [5, 5.41) is 7.01. The number of methoxy groups -OCH3 is 1. The molecule has 1 aromatic carbocycles. The van der Waals surface area contributed by atoms with Crippen LogP contribution in [0.15, 0.2) is 65.3 Å². The number of rotatable bonds is 8. The molecule has 1 aliphatic heterocycles. The molecule has 1 aliphatic rings. The number of hydrogen-bond acceptors (Lipinski definition) is 8. The van der Waals surface area contributed by atoms with Crippen molar-refractivity contribution in [2.45, 2.75) is 26.8 Å². The molecule has 0 spiro atoms. The van der Waals surface area contributed by atoms with E-state index in [1.807, 2.05) is 54.7 Å². The third-order valence-corrected chi connectivity index (χ3v) is 6.94. The van der Waals surface area contributed by atoms with Crippen molar-refractivity contribution in [3.8, 4) is 28.4 Å². The maximum absolute atomic E-state index is 13.3. The van der Waals surface area contributed by atoms with Crippen LogP contribution in [0.5, 0.6) is 5.88 Å². The molecular weight excluding hydrogens is 494 g/mol. The fourth-order valence-electron chi connectivity index (χ4n) is 4.71. The molecule has 1 atom stereocenters. The first-order valence-electron chi connectivity index (χ1n) is 13.2. The van der Waals surface area contributed by atoms with Crippen LogP contribution in [0.3, 0.4) is 0 Å². The average Bonchev–Trinajstić information content (AvgIpc) is 3.21. The van der Waals surface area contributed by atoms with Crippen LogP contribution >= 0.6 is 0 Å². The second-order valence-corrected chi connectivity index (χ2v) is 9.66. The van der Waals surface area contributed by atoms with Crippen LogP contribution in [0.2, 0.25) is 0 Å². The number of carbonyl (C=O) groups excluding carboxylic acids is 1. The standard InChI is InChI=1S/C30H33N5O4/c1-4-21-17-35(14-15-38-19-21)18-24-11-10-23(16-31-24)25-12-13-26(30(33-25)37-3)32-29(36)27-20(2)39-34-28(27)22-8-6-5-7-9-22/h5-13,16,21H,4,14-15,17-19H2,1-3H3,(H,32,36). The van der Waals surface area contributed by atoms with Crippen molar-refractivity contribution in [2.24, 2.45) is 5.92 Å². The van der Waals surface area contributed by atoms with Gasteiger partial charge in [-0.25, -0.2) is 4.98 Å². The lowest BCUT2D eigenvalue weighted by molar-refractivity contribution is 0.102. The van der Waals surface area contributed by atoms with E-state index in [9.17, 15) is 4.79 Å². The summed E-state index contributed by atoms with van der Waals surface area (Å²) < 4.78 is 16.6. The number of anilines is 1. The Balaban J connectivity index is 1.30. The van der Waals surface area contributed by atoms with E-state index in [4.69, 9.17) is 14.0 Å². The molecule has 1 unspecified atom stereocenters. The maximum Gasteiger partial charge on any atom is 0.261 e. The zero-order valence-corrected chi connectivity index (χ0v) is 22.5. The van der Waals surface area contributed by atoms with Crippen molar-refractivity contribution in [1.82, 2.24) is 20.0 Å². The monoisotopic (exact) mass is 527 g/mol. The highest BCUT2D eigenvalue weighted by molar-refractivity contribution is 6.09. The summed E-state index contributed by atoms with van der Waals surface area (Å²) in [5.74, 6) is 0.936. The molecule has 0 bridgehead atoms. The van der Waals surface area contributed by atoms with Crippen molar-refractivity contribution in [3.05, 3.63) is 77.8 Å². The minimum atomic E-state index is -0.351. The summed E-state index contributed by atoms with van der Waals surface area (Å²) in [6, 6.07) is 17.1. The summed E-state index contributed by atoms with van der Waals surface area (Å²) in [7, 11) is 1.53. The number of pyridine rings is 2. The molecular formula is C30H33N5O4. The van der Waals surface area contributed by atoms with Gasteiger partial charge in [0.2, 0.25) is 5.88 Å². The molecule has 39 heavy (non-hydrogen) atoms. The lowest BCUT2D eigenvalue weighted by Crippen LogP contribution is -2.29. The predicted octanol–water partition coefficient (Wildman–Crippen LogP) is 5.23. The fourth-order valence-corrected chi connectivity index (χ4v) is 4.71. The molecule has 1 fully saturated rings. The highest BCUT2D eigenvalue weighted by Gasteiger charge is 2.23. The van der Waals surface area contributed by atoms with E-state index in [1.165, 1.54) is 7.11 Å². The molecule has 1 amide bonds. The van der Waals surface area contributed by atoms with Gasteiger partial charge in [-0.2, -0.15) is 0 Å². The maximum atomic E-state index is 13.3. The van der Waals surface area contributed by atoms with Crippen molar-refractivity contribution in [3.63, 3.8) is 0 Å². The molecule has 1 N–H and O–H groups in total. The smallest absolute Gasteiger partial charge is 0.261 e. The zero-order valence-electron chi connectivity index (χ0n) is 22.5. The van der Waals surface area contributed by atoms with E-state index in [0.29, 0.717) is 40.2 Å². The van der Waals surface area contributed by atoms with E-state index >= 15 is 0 Å². The quantitative estimate of drug-likeness (QED) is 0.332. The van der Waals surface area contributed by atoms with E-state index < -0.39 is 0 Å². The number of hydrogen-bond donors (Lipinski definition) is 1. The number of nitrogens with zero attached hydrogens (tertiary/aromatic N) is 4. The van der Waals surface area contributed by atoms with Crippen molar-refractivity contribution < 1.29 is 18.8 Å². The molecule has 0 aliphatic carbocycles. The van der Waals surface area contributed by atoms with Crippen molar-refractivity contribution in [2.75, 3.05) is 38.7 Å². The van der Waals surface area contributed by atoms with Gasteiger partial charge in [-0.1, -0.05) is 42.4 Å². The topological polar surface area (TPSA) is 103 Å². The van der Waals surface area contributed by atoms with E-state index in [0.717, 1.165) is 56.1 Å². The Labute approximate surface area is 228 Å². The predicted molar refractivity (Wildman–Crippen MR) is 149 cm³/mol. The lowest BCUT2D eigenvalue weighted by Gasteiger charge is -2.22. The van der Waals surface area contributed by atoms with Gasteiger partial charge in [0.25, 0.3) is 5.91 Å². The first-order chi connectivity index (χ1) is 19.1. The molecule has 4 heterocycles. The van der Waals surface area contributed by atoms with Gasteiger partial charge in [0.05, 0.1) is 31.7 Å². The Morgan fingerprint density at radius 3 is 2.72 bits per heavy atom. The summed E-state index contributed by atoms with van der Waals surface area (Å²) in [6.07, 6.45) is 2.94. The minimum Gasteiger partial charge on any atom is -0.479 e. The molecule has 9 nitrogen and oxygen atoms in total. The van der Waals surface area contributed by atoms with Gasteiger partial charge < -0.3 is 19.3 Å². The second kappa shape index (κ2) is 12.2. The summed E-state index contributed by atoms with van der Waals surface area (Å²) in [5.41, 5.74) is 4.66. The lowest BCUT2D eigenvalue weighted by atomic mass is 10.1. The first-order valence-corrected chi connectivity index (χ1v) is 13.2. The van der Waals surface area contributed by atoms with Gasteiger partial charge in [-0.05, 0) is 43.5 Å². The molecule has 4 aromatic rings. The zero-order chi connectivity index (χ0) is 27.2. The van der Waals surface area contributed by atoms with Crippen LogP contribution in [0.25, 0.3) is 22.5 Å². The molecule has 5 rings (SSSR count). The molecule has 0 radical (unpaired) electrons. The number of amides is 1. The normalized spacial score (nSPS) is 16.0. The van der Waals surface area contributed by atoms with E-state index in [2.05, 4.69) is 32.3 Å². The molecule has 9 heteroatoms. The summed E-state index contributed by atoms with van der Waals surface area (Å²) in [4.78, 5) is 25.0.